The zero-order valence-corrected chi connectivity index (χ0v) is 12.2. The maximum atomic E-state index is 2.29. The molecule has 21 heavy (non-hydrogen) atoms. The van der Waals surface area contributed by atoms with E-state index in [2.05, 4.69) is 79.7 Å². The van der Waals surface area contributed by atoms with Crippen LogP contribution in [0.5, 0.6) is 0 Å². The van der Waals surface area contributed by atoms with Crippen molar-refractivity contribution in [1.82, 2.24) is 0 Å². The van der Waals surface area contributed by atoms with E-state index < -0.39 is 0 Å². The molecule has 0 fully saturated rings. The van der Waals surface area contributed by atoms with Gasteiger partial charge in [-0.1, -0.05) is 78.4 Å². The zero-order chi connectivity index (χ0) is 14.2. The van der Waals surface area contributed by atoms with E-state index in [-0.39, 0.29) is 0 Å². The fourth-order valence-corrected chi connectivity index (χ4v) is 3.43. The molecule has 0 radical (unpaired) electrons. The van der Waals surface area contributed by atoms with Crippen LogP contribution in [0.25, 0.3) is 11.1 Å². The van der Waals surface area contributed by atoms with Gasteiger partial charge in [0.15, 0.2) is 0 Å². The van der Waals surface area contributed by atoms with Gasteiger partial charge in [0, 0.05) is 5.92 Å². The second-order valence-corrected chi connectivity index (χ2v) is 5.91. The Balaban J connectivity index is 1.90. The summed E-state index contributed by atoms with van der Waals surface area (Å²) < 4.78 is 0. The van der Waals surface area contributed by atoms with Gasteiger partial charge in [-0.15, -0.1) is 0 Å². The molecule has 4 rings (SSSR count). The van der Waals surface area contributed by atoms with E-state index >= 15 is 0 Å². The molecule has 0 aliphatic heterocycles. The Morgan fingerprint density at radius 2 is 1.38 bits per heavy atom. The first-order valence-electron chi connectivity index (χ1n) is 7.57. The van der Waals surface area contributed by atoms with Crippen LogP contribution >= 0.6 is 0 Å². The quantitative estimate of drug-likeness (QED) is 0.559. The van der Waals surface area contributed by atoms with Crippen LogP contribution in [0.4, 0.5) is 0 Å². The molecule has 0 saturated carbocycles. The van der Waals surface area contributed by atoms with E-state index in [9.17, 15) is 0 Å². The van der Waals surface area contributed by atoms with Crippen molar-refractivity contribution >= 4 is 0 Å². The van der Waals surface area contributed by atoms with Crippen LogP contribution in [0.1, 0.15) is 28.2 Å². The van der Waals surface area contributed by atoms with Crippen LogP contribution in [0.3, 0.4) is 0 Å². The molecule has 0 bridgehead atoms. The summed E-state index contributed by atoms with van der Waals surface area (Å²) in [7, 11) is 0. The molecular weight excluding hydrogens is 252 g/mol. The van der Waals surface area contributed by atoms with Gasteiger partial charge < -0.3 is 0 Å². The van der Waals surface area contributed by atoms with Crippen molar-refractivity contribution in [1.29, 1.82) is 0 Å². The molecule has 0 nitrogen and oxygen atoms in total. The summed E-state index contributed by atoms with van der Waals surface area (Å²) in [5, 5.41) is 0. The predicted octanol–water partition coefficient (Wildman–Crippen LogP) is 5.35. The molecule has 1 aliphatic rings. The number of rotatable bonds is 1. The Morgan fingerprint density at radius 1 is 0.714 bits per heavy atom. The molecule has 0 heterocycles. The standard InChI is InChI=1S/C21H18/c1-15-10-12-16(13-11-15)21-14-17-6-2-3-7-18(17)19-8-4-5-9-20(19)21/h2-13,21H,14H2,1H3. The summed E-state index contributed by atoms with van der Waals surface area (Å²) in [5.74, 6) is 0.469. The third-order valence-electron chi connectivity index (χ3n) is 4.55. The zero-order valence-electron chi connectivity index (χ0n) is 12.2. The maximum absolute atomic E-state index is 2.29. The van der Waals surface area contributed by atoms with Crippen LogP contribution in [-0.2, 0) is 6.42 Å². The van der Waals surface area contributed by atoms with Gasteiger partial charge in [0.25, 0.3) is 0 Å². The van der Waals surface area contributed by atoms with Crippen molar-refractivity contribution in [2.24, 2.45) is 0 Å². The highest BCUT2D eigenvalue weighted by atomic mass is 14.3. The van der Waals surface area contributed by atoms with Gasteiger partial charge in [-0.25, -0.2) is 0 Å². The topological polar surface area (TPSA) is 0 Å². The minimum Gasteiger partial charge on any atom is -0.0620 e. The maximum Gasteiger partial charge on any atom is 0.0136 e. The Labute approximate surface area is 126 Å². The first-order chi connectivity index (χ1) is 10.3. The summed E-state index contributed by atoms with van der Waals surface area (Å²) in [5.41, 5.74) is 8.45. The number of fused-ring (bicyclic) bond motifs is 3. The second-order valence-electron chi connectivity index (χ2n) is 5.91. The van der Waals surface area contributed by atoms with Gasteiger partial charge in [0.1, 0.15) is 0 Å². The molecule has 3 aromatic rings. The molecule has 3 aromatic carbocycles. The molecule has 1 unspecified atom stereocenters. The van der Waals surface area contributed by atoms with E-state index in [1.54, 1.807) is 0 Å². The highest BCUT2D eigenvalue weighted by Gasteiger charge is 2.24. The van der Waals surface area contributed by atoms with Crippen molar-refractivity contribution in [2.45, 2.75) is 19.3 Å². The largest absolute Gasteiger partial charge is 0.0620 e. The molecule has 0 amide bonds. The highest BCUT2D eigenvalue weighted by molar-refractivity contribution is 5.75. The summed E-state index contributed by atoms with van der Waals surface area (Å²) >= 11 is 0. The number of hydrogen-bond acceptors (Lipinski definition) is 0. The number of benzene rings is 3. The summed E-state index contributed by atoms with van der Waals surface area (Å²) in [4.78, 5) is 0. The fraction of sp³-hybridized carbons (Fsp3) is 0.143. The minimum absolute atomic E-state index is 0.469. The Bertz CT molecular complexity index is 781. The van der Waals surface area contributed by atoms with Gasteiger partial charge in [0.05, 0.1) is 0 Å². The Kier molecular flexibility index (Phi) is 2.89. The van der Waals surface area contributed by atoms with Gasteiger partial charge in [0.2, 0.25) is 0 Å². The smallest absolute Gasteiger partial charge is 0.0136 e. The molecule has 1 atom stereocenters. The van der Waals surface area contributed by atoms with Gasteiger partial charge in [-0.3, -0.25) is 0 Å². The van der Waals surface area contributed by atoms with Crippen LogP contribution in [0.2, 0.25) is 0 Å². The van der Waals surface area contributed by atoms with E-state index in [1.807, 2.05) is 0 Å². The van der Waals surface area contributed by atoms with Crippen molar-refractivity contribution in [2.75, 3.05) is 0 Å². The number of aryl methyl sites for hydroxylation is 1. The average molecular weight is 270 g/mol. The average Bonchev–Trinajstić information content (AvgIpc) is 2.55. The molecule has 0 N–H and O–H groups in total. The van der Waals surface area contributed by atoms with Crippen molar-refractivity contribution in [3.05, 3.63) is 95.1 Å². The van der Waals surface area contributed by atoms with Crippen LogP contribution in [-0.4, -0.2) is 0 Å². The summed E-state index contributed by atoms with van der Waals surface area (Å²) in [6.45, 7) is 2.15. The molecule has 0 spiro atoms. The molecule has 0 aromatic heterocycles. The lowest BCUT2D eigenvalue weighted by Crippen LogP contribution is -2.12. The van der Waals surface area contributed by atoms with Crippen LogP contribution in [0, 0.1) is 6.92 Å². The van der Waals surface area contributed by atoms with Gasteiger partial charge in [-0.05, 0) is 41.2 Å². The summed E-state index contributed by atoms with van der Waals surface area (Å²) in [6.07, 6.45) is 1.09. The van der Waals surface area contributed by atoms with Crippen molar-refractivity contribution < 1.29 is 0 Å². The molecular formula is C21H18. The summed E-state index contributed by atoms with van der Waals surface area (Å²) in [6, 6.07) is 26.7. The van der Waals surface area contributed by atoms with E-state index in [0.29, 0.717) is 5.92 Å². The molecule has 102 valence electrons. The van der Waals surface area contributed by atoms with E-state index in [0.717, 1.165) is 6.42 Å². The second kappa shape index (κ2) is 4.89. The normalized spacial score (nSPS) is 16.1. The lowest BCUT2D eigenvalue weighted by molar-refractivity contribution is 0.793. The Hall–Kier alpha value is -2.34. The minimum atomic E-state index is 0.469. The predicted molar refractivity (Wildman–Crippen MR) is 88.6 cm³/mol. The lowest BCUT2D eigenvalue weighted by atomic mass is 9.76. The first kappa shape index (κ1) is 12.4. The SMILES string of the molecule is Cc1ccc(C2Cc3ccccc3-c3ccccc32)cc1. The van der Waals surface area contributed by atoms with Crippen LogP contribution in [0.15, 0.2) is 72.8 Å². The van der Waals surface area contributed by atoms with Gasteiger partial charge >= 0.3 is 0 Å². The molecule has 1 aliphatic carbocycles. The lowest BCUT2D eigenvalue weighted by Gasteiger charge is -2.28. The molecule has 0 heteroatoms. The highest BCUT2D eigenvalue weighted by Crippen LogP contribution is 2.42. The van der Waals surface area contributed by atoms with Crippen molar-refractivity contribution in [3.63, 3.8) is 0 Å². The molecule has 0 saturated heterocycles. The Morgan fingerprint density at radius 3 is 2.19 bits per heavy atom. The van der Waals surface area contributed by atoms with E-state index in [1.165, 1.54) is 33.4 Å². The fourth-order valence-electron chi connectivity index (χ4n) is 3.43. The number of hydrogen-bond donors (Lipinski definition) is 0. The third kappa shape index (κ3) is 2.08. The first-order valence-corrected chi connectivity index (χ1v) is 7.57. The van der Waals surface area contributed by atoms with Crippen LogP contribution < -0.4 is 0 Å². The van der Waals surface area contributed by atoms with Crippen molar-refractivity contribution in [3.8, 4) is 11.1 Å². The van der Waals surface area contributed by atoms with Gasteiger partial charge in [-0.2, -0.15) is 0 Å². The third-order valence-corrected chi connectivity index (χ3v) is 4.55. The van der Waals surface area contributed by atoms with E-state index in [4.69, 9.17) is 0 Å². The monoisotopic (exact) mass is 270 g/mol.